The third-order valence-electron chi connectivity index (χ3n) is 4.73. The Balaban J connectivity index is 1.91. The third-order valence-corrected chi connectivity index (χ3v) is 5.10. The monoisotopic (exact) mass is 350 g/mol. The Labute approximate surface area is 151 Å². The molecule has 4 rings (SSSR count). The van der Waals surface area contributed by atoms with Crippen molar-refractivity contribution in [1.29, 1.82) is 0 Å². The summed E-state index contributed by atoms with van der Waals surface area (Å²) in [5.74, 6) is 0.524. The molecule has 0 radical (unpaired) electrons. The minimum atomic E-state index is 0.524. The Kier molecular flexibility index (Phi) is 4.14. The van der Waals surface area contributed by atoms with Crippen molar-refractivity contribution in [3.8, 4) is 11.3 Å². The van der Waals surface area contributed by atoms with Gasteiger partial charge in [0.25, 0.3) is 0 Å². The van der Waals surface area contributed by atoms with Crippen LogP contribution in [-0.4, -0.2) is 20.0 Å². The largest absolute Gasteiger partial charge is 0.248 e. The fourth-order valence-corrected chi connectivity index (χ4v) is 3.63. The number of aromatic nitrogens is 4. The zero-order valence-corrected chi connectivity index (χ0v) is 15.0. The summed E-state index contributed by atoms with van der Waals surface area (Å²) in [6.45, 7) is 2.20. The second-order valence-electron chi connectivity index (χ2n) is 6.35. The molecule has 1 aromatic carbocycles. The van der Waals surface area contributed by atoms with Crippen molar-refractivity contribution in [3.63, 3.8) is 0 Å². The van der Waals surface area contributed by atoms with E-state index in [4.69, 9.17) is 11.6 Å². The summed E-state index contributed by atoms with van der Waals surface area (Å²) < 4.78 is 1.74. The van der Waals surface area contributed by atoms with E-state index in [1.807, 2.05) is 37.4 Å². The number of fused-ring (bicyclic) bond motifs is 1. The maximum absolute atomic E-state index is 6.81. The fraction of sp³-hybridized carbons (Fsp3) is 0.250. The van der Waals surface area contributed by atoms with Crippen LogP contribution in [0, 0.1) is 5.92 Å². The van der Waals surface area contributed by atoms with Gasteiger partial charge in [-0.3, -0.25) is 0 Å². The molecule has 2 heterocycles. The van der Waals surface area contributed by atoms with E-state index in [-0.39, 0.29) is 0 Å². The highest BCUT2D eigenvalue weighted by molar-refractivity contribution is 6.37. The minimum Gasteiger partial charge on any atom is -0.248 e. The lowest BCUT2D eigenvalue weighted by Crippen LogP contribution is -2.04. The summed E-state index contributed by atoms with van der Waals surface area (Å²) in [5.41, 5.74) is 4.47. The molecule has 25 heavy (non-hydrogen) atoms. The highest BCUT2D eigenvalue weighted by atomic mass is 35.5. The second-order valence-corrected chi connectivity index (χ2v) is 6.73. The number of benzene rings is 1. The Morgan fingerprint density at radius 2 is 1.96 bits per heavy atom. The predicted molar refractivity (Wildman–Crippen MR) is 102 cm³/mol. The SMILES string of the molecule is CCC1C=CC=C(c2nnc3c(c(-c4ccccc4)nn3C)c2Cl)C1. The standard InChI is InChI=1S/C20H19ClN4/c1-3-13-8-7-11-15(12-13)19-17(21)16-18(14-9-5-4-6-10-14)24-25(2)20(16)23-22-19/h4-11,13H,3,12H2,1-2H3. The lowest BCUT2D eigenvalue weighted by molar-refractivity contribution is 0.640. The molecule has 0 amide bonds. The average Bonchev–Trinajstić information content (AvgIpc) is 3.00. The van der Waals surface area contributed by atoms with Gasteiger partial charge in [0, 0.05) is 12.6 Å². The summed E-state index contributed by atoms with van der Waals surface area (Å²) >= 11 is 6.81. The van der Waals surface area contributed by atoms with E-state index in [0.29, 0.717) is 16.6 Å². The van der Waals surface area contributed by atoms with Crippen LogP contribution in [0.2, 0.25) is 5.02 Å². The molecule has 4 nitrogen and oxygen atoms in total. The Morgan fingerprint density at radius 3 is 2.72 bits per heavy atom. The van der Waals surface area contributed by atoms with Gasteiger partial charge in [-0.2, -0.15) is 5.10 Å². The summed E-state index contributed by atoms with van der Waals surface area (Å²) in [6.07, 6.45) is 8.46. The topological polar surface area (TPSA) is 43.6 Å². The van der Waals surface area contributed by atoms with Gasteiger partial charge in [-0.25, -0.2) is 4.68 Å². The quantitative estimate of drug-likeness (QED) is 0.663. The minimum absolute atomic E-state index is 0.524. The number of hydrogen-bond acceptors (Lipinski definition) is 3. The van der Waals surface area contributed by atoms with Gasteiger partial charge in [-0.05, 0) is 24.3 Å². The van der Waals surface area contributed by atoms with E-state index in [2.05, 4.69) is 40.4 Å². The molecule has 126 valence electrons. The fourth-order valence-electron chi connectivity index (χ4n) is 3.30. The summed E-state index contributed by atoms with van der Waals surface area (Å²) in [5, 5.41) is 15.0. The van der Waals surface area contributed by atoms with Gasteiger partial charge in [0.1, 0.15) is 11.4 Å². The third kappa shape index (κ3) is 2.76. The van der Waals surface area contributed by atoms with Gasteiger partial charge in [0.2, 0.25) is 0 Å². The van der Waals surface area contributed by atoms with Crippen LogP contribution in [0.4, 0.5) is 0 Å². The van der Waals surface area contributed by atoms with E-state index >= 15 is 0 Å². The normalized spacial score (nSPS) is 17.1. The Bertz CT molecular complexity index is 986. The van der Waals surface area contributed by atoms with Crippen molar-refractivity contribution in [1.82, 2.24) is 20.0 Å². The lowest BCUT2D eigenvalue weighted by Gasteiger charge is -2.17. The lowest BCUT2D eigenvalue weighted by atomic mass is 9.90. The van der Waals surface area contributed by atoms with Crippen molar-refractivity contribution in [2.75, 3.05) is 0 Å². The summed E-state index contributed by atoms with van der Waals surface area (Å²) in [7, 11) is 1.87. The van der Waals surface area contributed by atoms with Crippen LogP contribution in [0.15, 0.2) is 48.6 Å². The molecule has 5 heteroatoms. The Hall–Kier alpha value is -2.46. The molecule has 0 saturated carbocycles. The van der Waals surface area contributed by atoms with Crippen molar-refractivity contribution in [2.24, 2.45) is 13.0 Å². The van der Waals surface area contributed by atoms with Gasteiger partial charge < -0.3 is 0 Å². The highest BCUT2D eigenvalue weighted by Gasteiger charge is 2.22. The molecular weight excluding hydrogens is 332 g/mol. The highest BCUT2D eigenvalue weighted by Crippen LogP contribution is 2.38. The molecule has 0 spiro atoms. The molecule has 1 aliphatic rings. The number of halogens is 1. The summed E-state index contributed by atoms with van der Waals surface area (Å²) in [6, 6.07) is 10.1. The van der Waals surface area contributed by atoms with E-state index in [0.717, 1.165) is 40.8 Å². The number of nitrogens with zero attached hydrogens (tertiary/aromatic N) is 4. The maximum atomic E-state index is 6.81. The number of hydrogen-bond donors (Lipinski definition) is 0. The zero-order chi connectivity index (χ0) is 17.4. The number of aryl methyl sites for hydroxylation is 1. The van der Waals surface area contributed by atoms with Gasteiger partial charge in [-0.1, -0.05) is 67.1 Å². The zero-order valence-electron chi connectivity index (χ0n) is 14.3. The second kappa shape index (κ2) is 6.45. The first-order chi connectivity index (χ1) is 12.2. The van der Waals surface area contributed by atoms with Crippen molar-refractivity contribution < 1.29 is 0 Å². The van der Waals surface area contributed by atoms with Crippen molar-refractivity contribution in [2.45, 2.75) is 19.8 Å². The first-order valence-electron chi connectivity index (χ1n) is 8.51. The average molecular weight is 351 g/mol. The number of allylic oxidation sites excluding steroid dienone is 4. The van der Waals surface area contributed by atoms with Crippen molar-refractivity contribution >= 4 is 28.2 Å². The molecule has 0 fully saturated rings. The van der Waals surface area contributed by atoms with Crippen LogP contribution in [0.5, 0.6) is 0 Å². The maximum Gasteiger partial charge on any atom is 0.182 e. The van der Waals surface area contributed by atoms with Crippen LogP contribution in [0.1, 0.15) is 25.5 Å². The van der Waals surface area contributed by atoms with Crippen LogP contribution in [0.3, 0.4) is 0 Å². The molecular formula is C20H19ClN4. The van der Waals surface area contributed by atoms with Crippen LogP contribution < -0.4 is 0 Å². The molecule has 0 bridgehead atoms. The van der Waals surface area contributed by atoms with Crippen LogP contribution >= 0.6 is 11.6 Å². The molecule has 3 aromatic rings. The van der Waals surface area contributed by atoms with Gasteiger partial charge in [-0.15, -0.1) is 10.2 Å². The van der Waals surface area contributed by atoms with Crippen molar-refractivity contribution in [3.05, 3.63) is 59.3 Å². The predicted octanol–water partition coefficient (Wildman–Crippen LogP) is 5.05. The van der Waals surface area contributed by atoms with E-state index in [1.54, 1.807) is 4.68 Å². The first kappa shape index (κ1) is 16.0. The first-order valence-corrected chi connectivity index (χ1v) is 8.89. The molecule has 0 aliphatic heterocycles. The molecule has 1 atom stereocenters. The molecule has 0 saturated heterocycles. The van der Waals surface area contributed by atoms with Gasteiger partial charge >= 0.3 is 0 Å². The molecule has 1 unspecified atom stereocenters. The van der Waals surface area contributed by atoms with Crippen LogP contribution in [0.25, 0.3) is 27.9 Å². The number of rotatable bonds is 3. The smallest absolute Gasteiger partial charge is 0.182 e. The molecule has 1 aliphatic carbocycles. The molecule has 0 N–H and O–H groups in total. The summed E-state index contributed by atoms with van der Waals surface area (Å²) in [4.78, 5) is 0. The van der Waals surface area contributed by atoms with E-state index in [1.165, 1.54) is 0 Å². The Morgan fingerprint density at radius 1 is 1.16 bits per heavy atom. The molecule has 2 aromatic heterocycles. The van der Waals surface area contributed by atoms with Crippen LogP contribution in [-0.2, 0) is 7.05 Å². The van der Waals surface area contributed by atoms with Gasteiger partial charge in [0.05, 0.1) is 10.4 Å². The van der Waals surface area contributed by atoms with Gasteiger partial charge in [0.15, 0.2) is 5.65 Å². The van der Waals surface area contributed by atoms with E-state index in [9.17, 15) is 0 Å². The van der Waals surface area contributed by atoms with E-state index < -0.39 is 0 Å².